The molecule has 0 radical (unpaired) electrons. The Hall–Kier alpha value is -1.50. The van der Waals surface area contributed by atoms with Gasteiger partial charge < -0.3 is 5.11 Å². The van der Waals surface area contributed by atoms with Crippen LogP contribution in [0.4, 0.5) is 0 Å². The molecule has 0 aliphatic heterocycles. The zero-order chi connectivity index (χ0) is 14.8. The van der Waals surface area contributed by atoms with Gasteiger partial charge in [-0.1, -0.05) is 76.9 Å². The fourth-order valence-corrected chi connectivity index (χ4v) is 2.89. The number of rotatable bonds is 5. The lowest BCUT2D eigenvalue weighted by Crippen LogP contribution is -2.17. The molecule has 0 aliphatic carbocycles. The molecule has 0 aliphatic rings. The minimum Gasteiger partial charge on any atom is -0.507 e. The molecule has 2 aromatic carbocycles. The summed E-state index contributed by atoms with van der Waals surface area (Å²) in [6, 6.07) is 12.2. The van der Waals surface area contributed by atoms with Crippen LogP contribution in [-0.4, -0.2) is 5.11 Å². The number of benzene rings is 2. The molecule has 0 heterocycles. The van der Waals surface area contributed by atoms with Crippen LogP contribution < -0.4 is 0 Å². The average molecular weight is 270 g/mol. The van der Waals surface area contributed by atoms with Gasteiger partial charge in [-0.25, -0.2) is 0 Å². The fraction of sp³-hybridized carbons (Fsp3) is 0.474. The summed E-state index contributed by atoms with van der Waals surface area (Å²) in [5.74, 6) is 1.20. The van der Waals surface area contributed by atoms with Gasteiger partial charge in [0.2, 0.25) is 0 Å². The smallest absolute Gasteiger partial charge is 0.127 e. The van der Waals surface area contributed by atoms with Gasteiger partial charge in [0.05, 0.1) is 0 Å². The van der Waals surface area contributed by atoms with Crippen molar-refractivity contribution >= 4 is 10.8 Å². The van der Waals surface area contributed by atoms with Crippen LogP contribution in [0.1, 0.15) is 52.5 Å². The third kappa shape index (κ3) is 3.15. The van der Waals surface area contributed by atoms with Crippen molar-refractivity contribution in [3.63, 3.8) is 0 Å². The number of phenolic OH excluding ortho intramolecular Hbond substituents is 1. The van der Waals surface area contributed by atoms with Crippen molar-refractivity contribution in [2.45, 2.75) is 52.4 Å². The molecule has 0 fully saturated rings. The van der Waals surface area contributed by atoms with Gasteiger partial charge in [-0.15, -0.1) is 0 Å². The van der Waals surface area contributed by atoms with Gasteiger partial charge in [0, 0.05) is 10.9 Å². The van der Waals surface area contributed by atoms with Crippen LogP contribution in [0.15, 0.2) is 36.4 Å². The van der Waals surface area contributed by atoms with E-state index in [9.17, 15) is 5.11 Å². The molecular formula is C19H26O. The summed E-state index contributed by atoms with van der Waals surface area (Å²) in [6.45, 7) is 9.00. The molecule has 1 N–H and O–H groups in total. The van der Waals surface area contributed by atoms with Crippen LogP contribution in [-0.2, 0) is 5.41 Å². The molecule has 0 saturated heterocycles. The standard InChI is InChI=1S/C19H26O/c1-14(2)8-7-13-19(3,4)17-12-11-15-9-5-6-10-16(15)18(17)20/h5-6,9-12,14,20H,7-8,13H2,1-4H3. The first-order chi connectivity index (χ1) is 9.42. The highest BCUT2D eigenvalue weighted by molar-refractivity contribution is 5.89. The Morgan fingerprint density at radius 2 is 1.75 bits per heavy atom. The lowest BCUT2D eigenvalue weighted by molar-refractivity contribution is 0.399. The van der Waals surface area contributed by atoms with E-state index in [1.54, 1.807) is 0 Å². The molecule has 0 spiro atoms. The highest BCUT2D eigenvalue weighted by atomic mass is 16.3. The molecular weight excluding hydrogens is 244 g/mol. The minimum atomic E-state index is 0.0169. The highest BCUT2D eigenvalue weighted by Gasteiger charge is 2.24. The SMILES string of the molecule is CC(C)CCCC(C)(C)c1ccc2ccccc2c1O. The number of phenols is 1. The first kappa shape index (κ1) is 14.9. The molecule has 2 aromatic rings. The summed E-state index contributed by atoms with van der Waals surface area (Å²) in [4.78, 5) is 0. The predicted octanol–water partition coefficient (Wildman–Crippen LogP) is 5.65. The zero-order valence-electron chi connectivity index (χ0n) is 13.1. The fourth-order valence-electron chi connectivity index (χ4n) is 2.89. The monoisotopic (exact) mass is 270 g/mol. The van der Waals surface area contributed by atoms with Crippen LogP contribution in [0.3, 0.4) is 0 Å². The van der Waals surface area contributed by atoms with Crippen molar-refractivity contribution in [1.29, 1.82) is 0 Å². The Balaban J connectivity index is 2.29. The maximum absolute atomic E-state index is 10.6. The topological polar surface area (TPSA) is 20.2 Å². The van der Waals surface area contributed by atoms with Crippen LogP contribution in [0.2, 0.25) is 0 Å². The molecule has 0 bridgehead atoms. The number of hydrogen-bond acceptors (Lipinski definition) is 1. The van der Waals surface area contributed by atoms with Crippen LogP contribution >= 0.6 is 0 Å². The summed E-state index contributed by atoms with van der Waals surface area (Å²) in [6.07, 6.45) is 3.56. The van der Waals surface area contributed by atoms with Gasteiger partial charge in [0.25, 0.3) is 0 Å². The lowest BCUT2D eigenvalue weighted by atomic mass is 9.78. The van der Waals surface area contributed by atoms with E-state index >= 15 is 0 Å². The van der Waals surface area contributed by atoms with Crippen LogP contribution in [0.5, 0.6) is 5.75 Å². The molecule has 0 amide bonds. The predicted molar refractivity (Wildman–Crippen MR) is 87.3 cm³/mol. The number of hydrogen-bond donors (Lipinski definition) is 1. The number of fused-ring (bicyclic) bond motifs is 1. The van der Waals surface area contributed by atoms with Gasteiger partial charge in [-0.2, -0.15) is 0 Å². The first-order valence-corrected chi connectivity index (χ1v) is 7.63. The summed E-state index contributed by atoms with van der Waals surface area (Å²) >= 11 is 0. The minimum absolute atomic E-state index is 0.0169. The molecule has 108 valence electrons. The van der Waals surface area contributed by atoms with E-state index in [1.165, 1.54) is 12.8 Å². The molecule has 1 nitrogen and oxygen atoms in total. The highest BCUT2D eigenvalue weighted by Crippen LogP contribution is 2.39. The lowest BCUT2D eigenvalue weighted by Gasteiger charge is -2.27. The van der Waals surface area contributed by atoms with Crippen molar-refractivity contribution in [1.82, 2.24) is 0 Å². The maximum Gasteiger partial charge on any atom is 0.127 e. The Labute approximate surface area is 122 Å². The van der Waals surface area contributed by atoms with E-state index in [4.69, 9.17) is 0 Å². The van der Waals surface area contributed by atoms with Gasteiger partial charge in [0.1, 0.15) is 5.75 Å². The summed E-state index contributed by atoms with van der Waals surface area (Å²) in [5, 5.41) is 12.7. The van der Waals surface area contributed by atoms with Crippen LogP contribution in [0.25, 0.3) is 10.8 Å². The van der Waals surface area contributed by atoms with Crippen molar-refractivity contribution < 1.29 is 5.11 Å². The second-order valence-corrected chi connectivity index (χ2v) is 6.85. The van der Waals surface area contributed by atoms with Gasteiger partial charge >= 0.3 is 0 Å². The summed E-state index contributed by atoms with van der Waals surface area (Å²) in [5.41, 5.74) is 1.09. The first-order valence-electron chi connectivity index (χ1n) is 7.63. The van der Waals surface area contributed by atoms with Crippen LogP contribution in [0, 0.1) is 5.92 Å². The Morgan fingerprint density at radius 3 is 2.45 bits per heavy atom. The largest absolute Gasteiger partial charge is 0.507 e. The van der Waals surface area contributed by atoms with E-state index in [1.807, 2.05) is 24.3 Å². The normalized spacial score (nSPS) is 12.2. The molecule has 1 heteroatoms. The summed E-state index contributed by atoms with van der Waals surface area (Å²) in [7, 11) is 0. The third-order valence-electron chi connectivity index (χ3n) is 4.21. The van der Waals surface area contributed by atoms with E-state index in [2.05, 4.69) is 39.8 Å². The van der Waals surface area contributed by atoms with Crippen molar-refractivity contribution in [2.24, 2.45) is 5.92 Å². The molecule has 0 aromatic heterocycles. The third-order valence-corrected chi connectivity index (χ3v) is 4.21. The van der Waals surface area contributed by atoms with E-state index in [0.29, 0.717) is 5.75 Å². The summed E-state index contributed by atoms with van der Waals surface area (Å²) < 4.78 is 0. The van der Waals surface area contributed by atoms with Crippen molar-refractivity contribution in [2.75, 3.05) is 0 Å². The molecule has 0 atom stereocenters. The number of aromatic hydroxyl groups is 1. The van der Waals surface area contributed by atoms with Gasteiger partial charge in [-0.05, 0) is 23.1 Å². The van der Waals surface area contributed by atoms with Gasteiger partial charge in [-0.3, -0.25) is 0 Å². The Kier molecular flexibility index (Phi) is 4.37. The zero-order valence-corrected chi connectivity index (χ0v) is 13.1. The van der Waals surface area contributed by atoms with Crippen molar-refractivity contribution in [3.8, 4) is 5.75 Å². The van der Waals surface area contributed by atoms with E-state index < -0.39 is 0 Å². The Morgan fingerprint density at radius 1 is 1.05 bits per heavy atom. The molecule has 0 saturated carbocycles. The maximum atomic E-state index is 10.6. The van der Waals surface area contributed by atoms with Crippen molar-refractivity contribution in [3.05, 3.63) is 42.0 Å². The quantitative estimate of drug-likeness (QED) is 0.744. The van der Waals surface area contributed by atoms with E-state index in [-0.39, 0.29) is 5.41 Å². The second-order valence-electron chi connectivity index (χ2n) is 6.85. The van der Waals surface area contributed by atoms with Gasteiger partial charge in [0.15, 0.2) is 0 Å². The molecule has 0 unspecified atom stereocenters. The average Bonchev–Trinajstić information content (AvgIpc) is 2.38. The Bertz CT molecular complexity index is 581. The molecule has 2 rings (SSSR count). The molecule has 20 heavy (non-hydrogen) atoms. The second kappa shape index (κ2) is 5.87. The van der Waals surface area contributed by atoms with E-state index in [0.717, 1.165) is 28.7 Å².